The highest BCUT2D eigenvalue weighted by atomic mass is 16.5. The van der Waals surface area contributed by atoms with Crippen molar-refractivity contribution in [1.82, 2.24) is 0 Å². The zero-order valence-electron chi connectivity index (χ0n) is 10.3. The Hall–Kier alpha value is -0.530. The maximum absolute atomic E-state index is 12.2. The third kappa shape index (κ3) is 1.20. The number of hydrogen-bond acceptors (Lipinski definition) is 2. The van der Waals surface area contributed by atoms with Gasteiger partial charge in [0.05, 0.1) is 12.0 Å². The van der Waals surface area contributed by atoms with Gasteiger partial charge in [0.25, 0.3) is 0 Å². The fourth-order valence-corrected chi connectivity index (χ4v) is 4.08. The first-order valence-corrected chi connectivity index (χ1v) is 6.15. The standard InChI is InChI=1S/C13H22O2/c1-5-15-11(14)13-9(2)10(13)7-6-8-12(13,3)4/h9-10H,5-8H2,1-4H3/t9?,10-,13?/m1/s1. The SMILES string of the molecule is CCOC(=O)C12C(C)[C@H]1CCCC2(C)C. The van der Waals surface area contributed by atoms with Crippen LogP contribution in [-0.2, 0) is 9.53 Å². The van der Waals surface area contributed by atoms with Gasteiger partial charge in [-0.25, -0.2) is 0 Å². The molecule has 86 valence electrons. The van der Waals surface area contributed by atoms with Gasteiger partial charge in [-0.3, -0.25) is 4.79 Å². The van der Waals surface area contributed by atoms with Crippen LogP contribution in [0.1, 0.15) is 47.0 Å². The molecule has 0 N–H and O–H groups in total. The second-order valence-electron chi connectivity index (χ2n) is 5.76. The minimum Gasteiger partial charge on any atom is -0.466 e. The minimum atomic E-state index is -0.152. The molecule has 2 aliphatic rings. The Morgan fingerprint density at radius 1 is 1.47 bits per heavy atom. The second kappa shape index (κ2) is 3.23. The smallest absolute Gasteiger partial charge is 0.313 e. The Kier molecular flexibility index (Phi) is 2.36. The van der Waals surface area contributed by atoms with Crippen molar-refractivity contribution in [2.45, 2.75) is 47.0 Å². The summed E-state index contributed by atoms with van der Waals surface area (Å²) in [5, 5.41) is 0. The first-order valence-electron chi connectivity index (χ1n) is 6.15. The highest BCUT2D eigenvalue weighted by Gasteiger charge is 2.75. The first kappa shape index (κ1) is 11.0. The van der Waals surface area contributed by atoms with Gasteiger partial charge in [-0.1, -0.05) is 27.2 Å². The molecule has 2 unspecified atom stereocenters. The predicted octanol–water partition coefficient (Wildman–Crippen LogP) is 3.01. The largest absolute Gasteiger partial charge is 0.466 e. The van der Waals surface area contributed by atoms with E-state index < -0.39 is 0 Å². The van der Waals surface area contributed by atoms with Crippen molar-refractivity contribution in [3.63, 3.8) is 0 Å². The van der Waals surface area contributed by atoms with Gasteiger partial charge in [0, 0.05) is 0 Å². The van der Waals surface area contributed by atoms with Crippen LogP contribution in [0.2, 0.25) is 0 Å². The molecule has 0 saturated heterocycles. The zero-order valence-corrected chi connectivity index (χ0v) is 10.3. The number of esters is 1. The molecule has 0 aromatic carbocycles. The third-order valence-corrected chi connectivity index (χ3v) is 4.85. The molecule has 2 nitrogen and oxygen atoms in total. The molecule has 3 atom stereocenters. The van der Waals surface area contributed by atoms with Crippen LogP contribution in [0.5, 0.6) is 0 Å². The molecule has 2 fully saturated rings. The molecule has 0 amide bonds. The average molecular weight is 210 g/mol. The number of fused-ring (bicyclic) bond motifs is 1. The van der Waals surface area contributed by atoms with E-state index in [0.29, 0.717) is 18.4 Å². The Morgan fingerprint density at radius 2 is 2.13 bits per heavy atom. The van der Waals surface area contributed by atoms with Crippen molar-refractivity contribution < 1.29 is 9.53 Å². The predicted molar refractivity (Wildman–Crippen MR) is 59.4 cm³/mol. The van der Waals surface area contributed by atoms with Crippen molar-refractivity contribution in [2.24, 2.45) is 22.7 Å². The molecular weight excluding hydrogens is 188 g/mol. The van der Waals surface area contributed by atoms with E-state index in [1.807, 2.05) is 6.92 Å². The van der Waals surface area contributed by atoms with E-state index in [4.69, 9.17) is 4.74 Å². The normalized spacial score (nSPS) is 41.9. The summed E-state index contributed by atoms with van der Waals surface area (Å²) >= 11 is 0. The fourth-order valence-electron chi connectivity index (χ4n) is 4.08. The number of carbonyl (C=O) groups excluding carboxylic acids is 1. The van der Waals surface area contributed by atoms with E-state index in [2.05, 4.69) is 20.8 Å². The molecule has 2 saturated carbocycles. The maximum Gasteiger partial charge on any atom is 0.313 e. The van der Waals surface area contributed by atoms with Gasteiger partial charge in [-0.2, -0.15) is 0 Å². The Balaban J connectivity index is 2.28. The van der Waals surface area contributed by atoms with E-state index in [-0.39, 0.29) is 16.8 Å². The molecule has 2 aliphatic carbocycles. The van der Waals surface area contributed by atoms with Gasteiger partial charge >= 0.3 is 5.97 Å². The highest BCUT2D eigenvalue weighted by molar-refractivity contribution is 5.82. The summed E-state index contributed by atoms with van der Waals surface area (Å²) in [4.78, 5) is 12.2. The van der Waals surface area contributed by atoms with Crippen molar-refractivity contribution in [2.75, 3.05) is 6.61 Å². The summed E-state index contributed by atoms with van der Waals surface area (Å²) in [6.07, 6.45) is 3.64. The van der Waals surface area contributed by atoms with Crippen LogP contribution in [0.15, 0.2) is 0 Å². The molecule has 0 radical (unpaired) electrons. The monoisotopic (exact) mass is 210 g/mol. The number of rotatable bonds is 2. The molecule has 0 bridgehead atoms. The maximum atomic E-state index is 12.2. The molecule has 0 aromatic heterocycles. The number of ether oxygens (including phenoxy) is 1. The van der Waals surface area contributed by atoms with Crippen molar-refractivity contribution in [3.8, 4) is 0 Å². The van der Waals surface area contributed by atoms with E-state index in [1.54, 1.807) is 0 Å². The molecule has 2 heteroatoms. The minimum absolute atomic E-state index is 0.0622. The Labute approximate surface area is 92.4 Å². The summed E-state index contributed by atoms with van der Waals surface area (Å²) < 4.78 is 5.29. The molecule has 0 aliphatic heterocycles. The van der Waals surface area contributed by atoms with Crippen LogP contribution in [0.4, 0.5) is 0 Å². The highest BCUT2D eigenvalue weighted by Crippen LogP contribution is 2.73. The summed E-state index contributed by atoms with van der Waals surface area (Å²) in [5.41, 5.74) is -0.0250. The van der Waals surface area contributed by atoms with Gasteiger partial charge in [-0.05, 0) is 37.0 Å². The molecule has 0 heterocycles. The second-order valence-corrected chi connectivity index (χ2v) is 5.76. The van der Waals surface area contributed by atoms with Crippen molar-refractivity contribution in [3.05, 3.63) is 0 Å². The quantitative estimate of drug-likeness (QED) is 0.655. The zero-order chi connectivity index (χ0) is 11.3. The van der Waals surface area contributed by atoms with E-state index in [1.165, 1.54) is 12.8 Å². The van der Waals surface area contributed by atoms with Crippen LogP contribution in [-0.4, -0.2) is 12.6 Å². The van der Waals surface area contributed by atoms with Gasteiger partial charge < -0.3 is 4.74 Å². The first-order chi connectivity index (χ1) is 6.98. The Bertz CT molecular complexity index is 282. The van der Waals surface area contributed by atoms with Gasteiger partial charge in [0.15, 0.2) is 0 Å². The van der Waals surface area contributed by atoms with Gasteiger partial charge in [0.2, 0.25) is 0 Å². The van der Waals surface area contributed by atoms with Crippen LogP contribution in [0, 0.1) is 22.7 Å². The topological polar surface area (TPSA) is 26.3 Å². The lowest BCUT2D eigenvalue weighted by atomic mass is 9.67. The molecule has 2 rings (SSSR count). The van der Waals surface area contributed by atoms with E-state index in [0.717, 1.165) is 6.42 Å². The molecule has 0 spiro atoms. The third-order valence-electron chi connectivity index (χ3n) is 4.85. The summed E-state index contributed by atoms with van der Waals surface area (Å²) in [7, 11) is 0. The number of carbonyl (C=O) groups is 1. The van der Waals surface area contributed by atoms with Gasteiger partial charge in [-0.15, -0.1) is 0 Å². The molecule has 0 aromatic rings. The fraction of sp³-hybridized carbons (Fsp3) is 0.923. The molecular formula is C13H22O2. The Morgan fingerprint density at radius 3 is 2.67 bits per heavy atom. The van der Waals surface area contributed by atoms with Crippen molar-refractivity contribution in [1.29, 1.82) is 0 Å². The number of hydrogen-bond donors (Lipinski definition) is 0. The summed E-state index contributed by atoms with van der Waals surface area (Å²) in [6, 6.07) is 0. The average Bonchev–Trinajstić information content (AvgIpc) is 2.74. The van der Waals surface area contributed by atoms with Crippen LogP contribution < -0.4 is 0 Å². The lowest BCUT2D eigenvalue weighted by Crippen LogP contribution is -2.39. The van der Waals surface area contributed by atoms with Crippen molar-refractivity contribution >= 4 is 5.97 Å². The van der Waals surface area contributed by atoms with Gasteiger partial charge in [0.1, 0.15) is 0 Å². The van der Waals surface area contributed by atoms with Crippen LogP contribution in [0.25, 0.3) is 0 Å². The summed E-state index contributed by atoms with van der Waals surface area (Å²) in [5.74, 6) is 1.17. The van der Waals surface area contributed by atoms with Crippen LogP contribution >= 0.6 is 0 Å². The molecule has 15 heavy (non-hydrogen) atoms. The summed E-state index contributed by atoms with van der Waals surface area (Å²) in [6.45, 7) is 9.09. The van der Waals surface area contributed by atoms with Crippen LogP contribution in [0.3, 0.4) is 0 Å². The van der Waals surface area contributed by atoms with E-state index in [9.17, 15) is 4.79 Å². The lowest BCUT2D eigenvalue weighted by Gasteiger charge is -2.37. The van der Waals surface area contributed by atoms with E-state index >= 15 is 0 Å². The lowest BCUT2D eigenvalue weighted by molar-refractivity contribution is -0.158.